The monoisotopic (exact) mass is 365 g/mol. The topological polar surface area (TPSA) is 47.6 Å². The molecule has 0 saturated heterocycles. The molecule has 24 heavy (non-hydrogen) atoms. The van der Waals surface area contributed by atoms with Gasteiger partial charge in [-0.05, 0) is 43.3 Å². The minimum atomic E-state index is -0.287. The van der Waals surface area contributed by atoms with E-state index in [0.717, 1.165) is 0 Å². The van der Waals surface area contributed by atoms with Crippen LogP contribution in [0.5, 0.6) is 11.5 Å². The highest BCUT2D eigenvalue weighted by atomic mass is 35.5. The molecule has 0 spiro atoms. The Labute approximate surface area is 151 Å². The van der Waals surface area contributed by atoms with Crippen LogP contribution in [0, 0.1) is 0 Å². The van der Waals surface area contributed by atoms with Gasteiger partial charge in [0.15, 0.2) is 11.5 Å². The van der Waals surface area contributed by atoms with Gasteiger partial charge >= 0.3 is 0 Å². The van der Waals surface area contributed by atoms with Crippen LogP contribution in [0.2, 0.25) is 10.0 Å². The molecule has 0 fully saturated rings. The number of carbonyl (C=O) groups excluding carboxylic acids is 1. The van der Waals surface area contributed by atoms with Crippen LogP contribution in [0.1, 0.15) is 17.3 Å². The van der Waals surface area contributed by atoms with Crippen LogP contribution in [-0.2, 0) is 0 Å². The molecule has 0 aliphatic rings. The molecule has 4 nitrogen and oxygen atoms in total. The van der Waals surface area contributed by atoms with Crippen LogP contribution < -0.4 is 14.8 Å². The van der Waals surface area contributed by atoms with Crippen LogP contribution in [0.3, 0.4) is 0 Å². The normalized spacial score (nSPS) is 10.1. The van der Waals surface area contributed by atoms with E-state index in [9.17, 15) is 4.79 Å². The van der Waals surface area contributed by atoms with E-state index in [4.69, 9.17) is 32.7 Å². The third-order valence-corrected chi connectivity index (χ3v) is 3.78. The van der Waals surface area contributed by atoms with Gasteiger partial charge in [-0.2, -0.15) is 0 Å². The Bertz CT molecular complexity index is 747. The summed E-state index contributed by atoms with van der Waals surface area (Å²) in [4.78, 5) is 12.4. The third-order valence-electron chi connectivity index (χ3n) is 3.04. The number of benzene rings is 2. The van der Waals surface area contributed by atoms with E-state index in [1.54, 1.807) is 42.5 Å². The lowest BCUT2D eigenvalue weighted by Crippen LogP contribution is -2.12. The maximum absolute atomic E-state index is 12.4. The average molecular weight is 366 g/mol. The molecular formula is C18H17Cl2NO3. The molecule has 2 rings (SSSR count). The summed E-state index contributed by atoms with van der Waals surface area (Å²) in [6.07, 6.45) is 1.64. The van der Waals surface area contributed by atoms with E-state index in [0.29, 0.717) is 46.0 Å². The highest BCUT2D eigenvalue weighted by molar-refractivity contribution is 6.42. The molecule has 0 aliphatic heterocycles. The van der Waals surface area contributed by atoms with Crippen molar-refractivity contribution in [2.45, 2.75) is 6.92 Å². The summed E-state index contributed by atoms with van der Waals surface area (Å²) in [5, 5.41) is 3.56. The van der Waals surface area contributed by atoms with Crippen LogP contribution in [0.4, 0.5) is 5.69 Å². The SMILES string of the molecule is C=CCOc1ccc(C(=O)Nc2ccc(Cl)c(Cl)c2)cc1OCC. The first-order chi connectivity index (χ1) is 11.5. The van der Waals surface area contributed by atoms with Crippen molar-refractivity contribution in [3.8, 4) is 11.5 Å². The fraction of sp³-hybridized carbons (Fsp3) is 0.167. The number of carbonyl (C=O) groups is 1. The summed E-state index contributed by atoms with van der Waals surface area (Å²) >= 11 is 11.8. The fourth-order valence-electron chi connectivity index (χ4n) is 1.96. The van der Waals surface area contributed by atoms with Gasteiger partial charge in [0.25, 0.3) is 5.91 Å². The highest BCUT2D eigenvalue weighted by Crippen LogP contribution is 2.29. The molecule has 1 amide bonds. The van der Waals surface area contributed by atoms with Crippen LogP contribution in [-0.4, -0.2) is 19.1 Å². The average Bonchev–Trinajstić information content (AvgIpc) is 2.57. The minimum absolute atomic E-state index is 0.287. The zero-order chi connectivity index (χ0) is 17.5. The molecule has 0 aromatic heterocycles. The summed E-state index contributed by atoms with van der Waals surface area (Å²) in [6, 6.07) is 9.88. The lowest BCUT2D eigenvalue weighted by Gasteiger charge is -2.13. The van der Waals surface area contributed by atoms with Gasteiger partial charge in [-0.25, -0.2) is 0 Å². The first kappa shape index (κ1) is 18.2. The van der Waals surface area contributed by atoms with E-state index >= 15 is 0 Å². The van der Waals surface area contributed by atoms with Gasteiger partial charge in [0, 0.05) is 11.3 Å². The number of halogens is 2. The van der Waals surface area contributed by atoms with Crippen molar-refractivity contribution >= 4 is 34.8 Å². The van der Waals surface area contributed by atoms with E-state index in [2.05, 4.69) is 11.9 Å². The number of amides is 1. The first-order valence-electron chi connectivity index (χ1n) is 7.32. The number of rotatable bonds is 7. The highest BCUT2D eigenvalue weighted by Gasteiger charge is 2.12. The second kappa shape index (κ2) is 8.62. The van der Waals surface area contributed by atoms with Crippen LogP contribution in [0.25, 0.3) is 0 Å². The smallest absolute Gasteiger partial charge is 0.255 e. The molecule has 0 saturated carbocycles. The quantitative estimate of drug-likeness (QED) is 0.685. The summed E-state index contributed by atoms with van der Waals surface area (Å²) in [5.41, 5.74) is 0.995. The number of anilines is 1. The van der Waals surface area contributed by atoms with Gasteiger partial charge in [-0.1, -0.05) is 35.9 Å². The molecule has 0 bridgehead atoms. The van der Waals surface area contributed by atoms with Gasteiger partial charge in [-0.15, -0.1) is 0 Å². The lowest BCUT2D eigenvalue weighted by molar-refractivity contribution is 0.102. The fourth-order valence-corrected chi connectivity index (χ4v) is 2.26. The van der Waals surface area contributed by atoms with Gasteiger partial charge in [0.05, 0.1) is 16.7 Å². The van der Waals surface area contributed by atoms with E-state index in [1.165, 1.54) is 0 Å². The molecule has 0 heterocycles. The Balaban J connectivity index is 2.20. The number of nitrogens with one attached hydrogen (secondary N) is 1. The molecule has 0 aliphatic carbocycles. The van der Waals surface area contributed by atoms with E-state index in [1.807, 2.05) is 6.92 Å². The summed E-state index contributed by atoms with van der Waals surface area (Å²) in [7, 11) is 0. The Morgan fingerprint density at radius 2 is 1.92 bits per heavy atom. The van der Waals surface area contributed by atoms with Crippen molar-refractivity contribution in [1.29, 1.82) is 0 Å². The molecular weight excluding hydrogens is 349 g/mol. The number of hydrogen-bond acceptors (Lipinski definition) is 3. The van der Waals surface area contributed by atoms with Gasteiger partial charge in [0.1, 0.15) is 6.61 Å². The number of hydrogen-bond donors (Lipinski definition) is 1. The standard InChI is InChI=1S/C18H17Cl2NO3/c1-3-9-24-16-8-5-12(10-17(16)23-4-2)18(22)21-13-6-7-14(19)15(20)11-13/h3,5-8,10-11H,1,4,9H2,2H3,(H,21,22). The molecule has 0 unspecified atom stereocenters. The predicted molar refractivity (Wildman–Crippen MR) is 97.7 cm³/mol. The molecule has 2 aromatic rings. The van der Waals surface area contributed by atoms with Crippen LogP contribution >= 0.6 is 23.2 Å². The van der Waals surface area contributed by atoms with Crippen molar-refractivity contribution < 1.29 is 14.3 Å². The zero-order valence-electron chi connectivity index (χ0n) is 13.1. The Morgan fingerprint density at radius 3 is 2.58 bits per heavy atom. The summed E-state index contributed by atoms with van der Waals surface area (Å²) < 4.78 is 11.0. The van der Waals surface area contributed by atoms with Crippen molar-refractivity contribution in [1.82, 2.24) is 0 Å². The molecule has 0 atom stereocenters. The second-order valence-corrected chi connectivity index (χ2v) is 5.59. The Kier molecular flexibility index (Phi) is 6.53. The lowest BCUT2D eigenvalue weighted by atomic mass is 10.2. The molecule has 6 heteroatoms. The Hall–Kier alpha value is -2.17. The van der Waals surface area contributed by atoms with Gasteiger partial charge < -0.3 is 14.8 Å². The van der Waals surface area contributed by atoms with Crippen molar-refractivity contribution in [2.24, 2.45) is 0 Å². The molecule has 2 aromatic carbocycles. The maximum atomic E-state index is 12.4. The van der Waals surface area contributed by atoms with Crippen molar-refractivity contribution in [3.63, 3.8) is 0 Å². The predicted octanol–water partition coefficient (Wildman–Crippen LogP) is 5.21. The maximum Gasteiger partial charge on any atom is 0.255 e. The Morgan fingerprint density at radius 1 is 1.12 bits per heavy atom. The summed E-state index contributed by atoms with van der Waals surface area (Å²) in [6.45, 7) is 6.28. The van der Waals surface area contributed by atoms with E-state index < -0.39 is 0 Å². The first-order valence-corrected chi connectivity index (χ1v) is 8.07. The molecule has 126 valence electrons. The third kappa shape index (κ3) is 4.66. The number of ether oxygens (including phenoxy) is 2. The van der Waals surface area contributed by atoms with Crippen molar-refractivity contribution in [3.05, 3.63) is 64.7 Å². The molecule has 1 N–H and O–H groups in total. The van der Waals surface area contributed by atoms with Gasteiger partial charge in [-0.3, -0.25) is 4.79 Å². The zero-order valence-corrected chi connectivity index (χ0v) is 14.7. The second-order valence-electron chi connectivity index (χ2n) is 4.78. The van der Waals surface area contributed by atoms with Gasteiger partial charge in [0.2, 0.25) is 0 Å². The van der Waals surface area contributed by atoms with Crippen molar-refractivity contribution in [2.75, 3.05) is 18.5 Å². The van der Waals surface area contributed by atoms with Crippen LogP contribution in [0.15, 0.2) is 49.1 Å². The summed E-state index contributed by atoms with van der Waals surface area (Å²) in [5.74, 6) is 0.772. The minimum Gasteiger partial charge on any atom is -0.490 e. The molecule has 0 radical (unpaired) electrons. The largest absolute Gasteiger partial charge is 0.490 e. The van der Waals surface area contributed by atoms with E-state index in [-0.39, 0.29) is 5.91 Å².